The molecule has 0 aromatic carbocycles. The van der Waals surface area contributed by atoms with Gasteiger partial charge in [0.15, 0.2) is 5.78 Å². The largest absolute Gasteiger partial charge is 0.371 e. The number of hydrogen-bond donors (Lipinski definition) is 0. The van der Waals surface area contributed by atoms with Gasteiger partial charge in [0.05, 0.1) is 0 Å². The smallest absolute Gasteiger partial charge is 0.158 e. The molecule has 0 saturated carbocycles. The number of hydrogen-bond acceptors (Lipinski definition) is 3. The Hall–Kier alpha value is -0.700. The van der Waals surface area contributed by atoms with Crippen molar-refractivity contribution in [3.8, 4) is 0 Å². The molecule has 0 fully saturated rings. The van der Waals surface area contributed by atoms with Gasteiger partial charge in [0.1, 0.15) is 12.4 Å². The Kier molecular flexibility index (Phi) is 5.65. The van der Waals surface area contributed by atoms with Gasteiger partial charge in [0.25, 0.3) is 0 Å². The molecule has 64 valence electrons. The van der Waals surface area contributed by atoms with Gasteiger partial charge in [-0.25, -0.2) is 0 Å². The highest BCUT2D eigenvalue weighted by Crippen LogP contribution is 2.01. The second-order valence-corrected chi connectivity index (χ2v) is 2.30. The zero-order chi connectivity index (χ0) is 8.69. The Morgan fingerprint density at radius 1 is 1.64 bits per heavy atom. The number of ether oxygens (including phenoxy) is 1. The van der Waals surface area contributed by atoms with Crippen molar-refractivity contribution in [2.24, 2.45) is 0 Å². The average Bonchev–Trinajstić information content (AvgIpc) is 1.97. The third kappa shape index (κ3) is 4.67. The zero-order valence-electron chi connectivity index (χ0n) is 7.00. The molecule has 0 heterocycles. The fourth-order valence-corrected chi connectivity index (χ4v) is 0.825. The van der Waals surface area contributed by atoms with Crippen LogP contribution in [0, 0.1) is 0 Å². The number of Topliss-reactive ketones (excluding diaryl/α,β-unsaturated/α-hetero) is 1. The summed E-state index contributed by atoms with van der Waals surface area (Å²) in [7, 11) is 0. The van der Waals surface area contributed by atoms with Gasteiger partial charge in [-0.05, 0) is 20.3 Å². The molecule has 3 heteroatoms. The van der Waals surface area contributed by atoms with E-state index in [2.05, 4.69) is 0 Å². The van der Waals surface area contributed by atoms with E-state index in [-0.39, 0.29) is 11.9 Å². The first-order chi connectivity index (χ1) is 5.22. The van der Waals surface area contributed by atoms with E-state index in [0.29, 0.717) is 19.4 Å². The van der Waals surface area contributed by atoms with Gasteiger partial charge in [-0.2, -0.15) is 0 Å². The molecular weight excluding hydrogens is 144 g/mol. The van der Waals surface area contributed by atoms with E-state index in [9.17, 15) is 9.59 Å². The molecule has 0 rings (SSSR count). The molecule has 0 spiro atoms. The van der Waals surface area contributed by atoms with Crippen molar-refractivity contribution in [3.05, 3.63) is 0 Å². The summed E-state index contributed by atoms with van der Waals surface area (Å²) in [6, 6.07) is 0. The zero-order valence-corrected chi connectivity index (χ0v) is 7.00. The maximum Gasteiger partial charge on any atom is 0.158 e. The molecule has 0 radical (unpaired) electrons. The van der Waals surface area contributed by atoms with Crippen LogP contribution in [0.2, 0.25) is 0 Å². The lowest BCUT2D eigenvalue weighted by Gasteiger charge is -2.11. The van der Waals surface area contributed by atoms with E-state index in [1.165, 1.54) is 6.92 Å². The summed E-state index contributed by atoms with van der Waals surface area (Å²) in [6.07, 6.45) is 1.32. The number of ketones is 1. The van der Waals surface area contributed by atoms with Crippen LogP contribution in [0.25, 0.3) is 0 Å². The van der Waals surface area contributed by atoms with E-state index < -0.39 is 0 Å². The van der Waals surface area contributed by atoms with Gasteiger partial charge in [0, 0.05) is 13.0 Å². The molecule has 0 aromatic rings. The number of aldehydes is 1. The molecule has 0 saturated heterocycles. The molecule has 0 aromatic heterocycles. The van der Waals surface area contributed by atoms with Crippen molar-refractivity contribution in [2.45, 2.75) is 32.8 Å². The lowest BCUT2D eigenvalue weighted by molar-refractivity contribution is -0.128. The van der Waals surface area contributed by atoms with Crippen molar-refractivity contribution in [2.75, 3.05) is 6.61 Å². The van der Waals surface area contributed by atoms with Crippen molar-refractivity contribution < 1.29 is 14.3 Å². The lowest BCUT2D eigenvalue weighted by atomic mass is 10.1. The normalized spacial score (nSPS) is 12.5. The maximum absolute atomic E-state index is 10.8. The Balaban J connectivity index is 3.68. The van der Waals surface area contributed by atoms with Crippen molar-refractivity contribution in [1.82, 2.24) is 0 Å². The quantitative estimate of drug-likeness (QED) is 0.541. The van der Waals surface area contributed by atoms with Crippen molar-refractivity contribution in [1.29, 1.82) is 0 Å². The molecule has 0 amide bonds. The molecule has 1 unspecified atom stereocenters. The predicted molar refractivity (Wildman–Crippen MR) is 41.4 cm³/mol. The second-order valence-electron chi connectivity index (χ2n) is 2.30. The molecule has 0 aliphatic heterocycles. The number of carbonyl (C=O) groups excluding carboxylic acids is 2. The minimum Gasteiger partial charge on any atom is -0.371 e. The Labute approximate surface area is 66.7 Å². The summed E-state index contributed by atoms with van der Waals surface area (Å²) < 4.78 is 5.10. The van der Waals surface area contributed by atoms with Gasteiger partial charge in [-0.3, -0.25) is 4.79 Å². The van der Waals surface area contributed by atoms with E-state index >= 15 is 0 Å². The SMILES string of the molecule is CCOC(CCC=O)C(C)=O. The Morgan fingerprint density at radius 2 is 2.27 bits per heavy atom. The van der Waals surface area contributed by atoms with Crippen LogP contribution in [0.15, 0.2) is 0 Å². The summed E-state index contributed by atoms with van der Waals surface area (Å²) in [6.45, 7) is 3.82. The van der Waals surface area contributed by atoms with Gasteiger partial charge < -0.3 is 9.53 Å². The van der Waals surface area contributed by atoms with Crippen LogP contribution in [0.5, 0.6) is 0 Å². The lowest BCUT2D eigenvalue weighted by Crippen LogP contribution is -2.21. The van der Waals surface area contributed by atoms with Crippen LogP contribution in [0.1, 0.15) is 26.7 Å². The fourth-order valence-electron chi connectivity index (χ4n) is 0.825. The van der Waals surface area contributed by atoms with Crippen molar-refractivity contribution in [3.63, 3.8) is 0 Å². The number of carbonyl (C=O) groups is 2. The van der Waals surface area contributed by atoms with E-state index in [1.807, 2.05) is 6.92 Å². The summed E-state index contributed by atoms with van der Waals surface area (Å²) in [5.41, 5.74) is 0. The summed E-state index contributed by atoms with van der Waals surface area (Å²) >= 11 is 0. The molecule has 0 aliphatic carbocycles. The highest BCUT2D eigenvalue weighted by molar-refractivity contribution is 5.80. The average molecular weight is 158 g/mol. The van der Waals surface area contributed by atoms with Crippen LogP contribution >= 0.6 is 0 Å². The predicted octanol–water partition coefficient (Wildman–Crippen LogP) is 0.960. The maximum atomic E-state index is 10.8. The van der Waals surface area contributed by atoms with E-state index in [1.54, 1.807) is 0 Å². The minimum absolute atomic E-state index is 0.00583. The molecule has 11 heavy (non-hydrogen) atoms. The topological polar surface area (TPSA) is 43.4 Å². The van der Waals surface area contributed by atoms with Crippen LogP contribution in [0.3, 0.4) is 0 Å². The van der Waals surface area contributed by atoms with Crippen LogP contribution in [0.4, 0.5) is 0 Å². The third-order valence-corrected chi connectivity index (χ3v) is 1.37. The highest BCUT2D eigenvalue weighted by Gasteiger charge is 2.12. The standard InChI is InChI=1S/C8H14O3/c1-3-11-8(7(2)10)5-4-6-9/h6,8H,3-5H2,1-2H3. The Bertz CT molecular complexity index is 131. The van der Waals surface area contributed by atoms with Crippen LogP contribution in [-0.4, -0.2) is 24.8 Å². The molecule has 0 aliphatic rings. The molecular formula is C8H14O3. The highest BCUT2D eigenvalue weighted by atomic mass is 16.5. The number of rotatable bonds is 6. The summed E-state index contributed by atoms with van der Waals surface area (Å²) in [4.78, 5) is 20.8. The molecule has 3 nitrogen and oxygen atoms in total. The fraction of sp³-hybridized carbons (Fsp3) is 0.750. The second kappa shape index (κ2) is 6.04. The van der Waals surface area contributed by atoms with Crippen molar-refractivity contribution >= 4 is 12.1 Å². The van der Waals surface area contributed by atoms with E-state index in [0.717, 1.165) is 6.29 Å². The molecule has 0 bridgehead atoms. The van der Waals surface area contributed by atoms with Gasteiger partial charge in [-0.1, -0.05) is 0 Å². The summed E-state index contributed by atoms with van der Waals surface area (Å²) in [5, 5.41) is 0. The van der Waals surface area contributed by atoms with E-state index in [4.69, 9.17) is 4.74 Å². The molecule has 0 N–H and O–H groups in total. The van der Waals surface area contributed by atoms with Gasteiger partial charge in [0.2, 0.25) is 0 Å². The van der Waals surface area contributed by atoms with Gasteiger partial charge >= 0.3 is 0 Å². The van der Waals surface area contributed by atoms with Gasteiger partial charge in [-0.15, -0.1) is 0 Å². The first kappa shape index (κ1) is 10.3. The Morgan fingerprint density at radius 3 is 2.64 bits per heavy atom. The first-order valence-electron chi connectivity index (χ1n) is 3.78. The summed E-state index contributed by atoms with van der Waals surface area (Å²) in [5.74, 6) is -0.00583. The third-order valence-electron chi connectivity index (χ3n) is 1.37. The monoisotopic (exact) mass is 158 g/mol. The molecule has 1 atom stereocenters. The minimum atomic E-state index is -0.384. The van der Waals surface area contributed by atoms with Crippen LogP contribution < -0.4 is 0 Å². The van der Waals surface area contributed by atoms with Crippen LogP contribution in [-0.2, 0) is 14.3 Å². The first-order valence-corrected chi connectivity index (χ1v) is 3.78.